The van der Waals surface area contributed by atoms with Crippen molar-refractivity contribution in [2.24, 2.45) is 7.05 Å². The summed E-state index contributed by atoms with van der Waals surface area (Å²) in [7, 11) is 1.89. The molecule has 3 nitrogen and oxygen atoms in total. The average Bonchev–Trinajstić information content (AvgIpc) is 2.76. The molecule has 0 atom stereocenters. The number of hydrogen-bond acceptors (Lipinski definition) is 2. The van der Waals surface area contributed by atoms with Crippen LogP contribution in [0.4, 0.5) is 15.9 Å². The van der Waals surface area contributed by atoms with Crippen LogP contribution in [0.2, 0.25) is 0 Å². The van der Waals surface area contributed by atoms with Crippen LogP contribution in [0, 0.1) is 19.7 Å². The standard InChI is InChI=1S/C18H16Br2FN3/c1-10-4-7-16(15(20)8-10)22-18-17(11(2)23-24(18)3)13-6-5-12(21)9-14(13)19/h4-9,22H,1-3H3. The number of aryl methyl sites for hydroxylation is 3. The second kappa shape index (κ2) is 6.69. The van der Waals surface area contributed by atoms with Gasteiger partial charge >= 0.3 is 0 Å². The lowest BCUT2D eigenvalue weighted by Gasteiger charge is -2.13. The van der Waals surface area contributed by atoms with E-state index < -0.39 is 0 Å². The summed E-state index contributed by atoms with van der Waals surface area (Å²) >= 11 is 7.05. The Morgan fingerprint density at radius 2 is 1.79 bits per heavy atom. The Bertz CT molecular complexity index is 919. The molecule has 1 aromatic heterocycles. The van der Waals surface area contributed by atoms with Crippen molar-refractivity contribution in [3.05, 3.63) is 62.4 Å². The molecule has 0 bridgehead atoms. The number of aromatic nitrogens is 2. The molecule has 0 saturated carbocycles. The van der Waals surface area contributed by atoms with Crippen molar-refractivity contribution in [1.29, 1.82) is 0 Å². The third-order valence-electron chi connectivity index (χ3n) is 3.80. The summed E-state index contributed by atoms with van der Waals surface area (Å²) in [5, 5.41) is 7.96. The minimum absolute atomic E-state index is 0.275. The summed E-state index contributed by atoms with van der Waals surface area (Å²) in [5.74, 6) is 0.576. The molecule has 0 aliphatic rings. The highest BCUT2D eigenvalue weighted by Crippen LogP contribution is 2.38. The van der Waals surface area contributed by atoms with Crippen LogP contribution in [-0.2, 0) is 7.05 Å². The van der Waals surface area contributed by atoms with E-state index in [1.807, 2.05) is 33.0 Å². The maximum absolute atomic E-state index is 13.4. The minimum Gasteiger partial charge on any atom is -0.339 e. The van der Waals surface area contributed by atoms with Gasteiger partial charge in [0.15, 0.2) is 0 Å². The van der Waals surface area contributed by atoms with Crippen LogP contribution in [0.3, 0.4) is 0 Å². The fourth-order valence-electron chi connectivity index (χ4n) is 2.67. The van der Waals surface area contributed by atoms with Gasteiger partial charge in [-0.25, -0.2) is 4.39 Å². The van der Waals surface area contributed by atoms with E-state index in [0.717, 1.165) is 32.8 Å². The Hall–Kier alpha value is -1.66. The minimum atomic E-state index is -0.275. The van der Waals surface area contributed by atoms with Crippen molar-refractivity contribution < 1.29 is 4.39 Å². The van der Waals surface area contributed by atoms with Crippen molar-refractivity contribution in [2.45, 2.75) is 13.8 Å². The normalized spacial score (nSPS) is 10.9. The highest BCUT2D eigenvalue weighted by molar-refractivity contribution is 9.11. The summed E-state index contributed by atoms with van der Waals surface area (Å²) in [5.41, 5.74) is 4.83. The fourth-order valence-corrected chi connectivity index (χ4v) is 3.81. The summed E-state index contributed by atoms with van der Waals surface area (Å²) < 4.78 is 16.9. The van der Waals surface area contributed by atoms with Gasteiger partial charge in [0.05, 0.1) is 11.4 Å². The van der Waals surface area contributed by atoms with Crippen LogP contribution in [0.1, 0.15) is 11.3 Å². The van der Waals surface area contributed by atoms with E-state index >= 15 is 0 Å². The maximum atomic E-state index is 13.4. The summed E-state index contributed by atoms with van der Waals surface area (Å²) in [6.45, 7) is 3.99. The molecule has 3 aromatic rings. The van der Waals surface area contributed by atoms with Crippen LogP contribution in [0.15, 0.2) is 45.3 Å². The third kappa shape index (κ3) is 3.26. The Balaban J connectivity index is 2.12. The van der Waals surface area contributed by atoms with Crippen molar-refractivity contribution in [3.63, 3.8) is 0 Å². The van der Waals surface area contributed by atoms with Gasteiger partial charge in [0.2, 0.25) is 0 Å². The molecular weight excluding hydrogens is 437 g/mol. The van der Waals surface area contributed by atoms with Crippen LogP contribution < -0.4 is 5.32 Å². The van der Waals surface area contributed by atoms with Gasteiger partial charge in [0.25, 0.3) is 0 Å². The van der Waals surface area contributed by atoms with E-state index in [1.54, 1.807) is 10.7 Å². The molecule has 0 fully saturated rings. The fraction of sp³-hybridized carbons (Fsp3) is 0.167. The summed E-state index contributed by atoms with van der Waals surface area (Å²) in [6.07, 6.45) is 0. The van der Waals surface area contributed by atoms with Crippen molar-refractivity contribution >= 4 is 43.4 Å². The molecule has 0 aliphatic heterocycles. The Morgan fingerprint density at radius 3 is 2.46 bits per heavy atom. The van der Waals surface area contributed by atoms with Crippen LogP contribution in [-0.4, -0.2) is 9.78 Å². The monoisotopic (exact) mass is 451 g/mol. The number of halogens is 3. The highest BCUT2D eigenvalue weighted by Gasteiger charge is 2.18. The Kier molecular flexibility index (Phi) is 4.78. The molecule has 1 heterocycles. The molecule has 0 aliphatic carbocycles. The second-order valence-electron chi connectivity index (χ2n) is 5.67. The first-order chi connectivity index (χ1) is 11.4. The molecule has 0 spiro atoms. The number of hydrogen-bond donors (Lipinski definition) is 1. The highest BCUT2D eigenvalue weighted by atomic mass is 79.9. The molecule has 2 aromatic carbocycles. The third-order valence-corrected chi connectivity index (χ3v) is 5.11. The zero-order valence-electron chi connectivity index (χ0n) is 13.5. The number of benzene rings is 2. The first-order valence-corrected chi connectivity index (χ1v) is 8.97. The van der Waals surface area contributed by atoms with E-state index in [9.17, 15) is 4.39 Å². The SMILES string of the molecule is Cc1ccc(Nc2c(-c3ccc(F)cc3Br)c(C)nn2C)c(Br)c1. The van der Waals surface area contributed by atoms with Crippen molar-refractivity contribution in [2.75, 3.05) is 5.32 Å². The Labute approximate surface area is 157 Å². The van der Waals surface area contributed by atoms with Gasteiger partial charge in [-0.1, -0.05) is 28.1 Å². The van der Waals surface area contributed by atoms with Crippen molar-refractivity contribution in [3.8, 4) is 11.1 Å². The average molecular weight is 453 g/mol. The molecule has 6 heteroatoms. The van der Waals surface area contributed by atoms with Gasteiger partial charge in [-0.15, -0.1) is 0 Å². The lowest BCUT2D eigenvalue weighted by atomic mass is 10.1. The maximum Gasteiger partial charge on any atom is 0.136 e. The van der Waals surface area contributed by atoms with Gasteiger partial charge in [-0.3, -0.25) is 4.68 Å². The van der Waals surface area contributed by atoms with Gasteiger partial charge in [-0.2, -0.15) is 5.10 Å². The lowest BCUT2D eigenvalue weighted by Crippen LogP contribution is -2.01. The van der Waals surface area contributed by atoms with Crippen LogP contribution >= 0.6 is 31.9 Å². The van der Waals surface area contributed by atoms with Gasteiger partial charge in [0, 0.05) is 27.1 Å². The summed E-state index contributed by atoms with van der Waals surface area (Å²) in [6, 6.07) is 10.8. The zero-order chi connectivity index (χ0) is 17.4. The van der Waals surface area contributed by atoms with E-state index in [-0.39, 0.29) is 5.82 Å². The molecule has 124 valence electrons. The number of nitrogens with zero attached hydrogens (tertiary/aromatic N) is 2. The number of anilines is 2. The quantitative estimate of drug-likeness (QED) is 0.519. The zero-order valence-corrected chi connectivity index (χ0v) is 16.7. The largest absolute Gasteiger partial charge is 0.339 e. The van der Waals surface area contributed by atoms with Crippen LogP contribution in [0.25, 0.3) is 11.1 Å². The van der Waals surface area contributed by atoms with Gasteiger partial charge in [-0.05, 0) is 59.6 Å². The van der Waals surface area contributed by atoms with E-state index in [0.29, 0.717) is 4.47 Å². The smallest absolute Gasteiger partial charge is 0.136 e. The topological polar surface area (TPSA) is 29.9 Å². The summed E-state index contributed by atoms with van der Waals surface area (Å²) in [4.78, 5) is 0. The van der Waals surface area contributed by atoms with E-state index in [1.165, 1.54) is 17.7 Å². The van der Waals surface area contributed by atoms with E-state index in [2.05, 4.69) is 48.3 Å². The molecular formula is C18H16Br2FN3. The Morgan fingerprint density at radius 1 is 1.04 bits per heavy atom. The predicted octanol–water partition coefficient (Wildman–Crippen LogP) is 6.11. The lowest BCUT2D eigenvalue weighted by molar-refractivity contribution is 0.627. The first-order valence-electron chi connectivity index (χ1n) is 7.39. The molecule has 0 amide bonds. The number of rotatable bonds is 3. The van der Waals surface area contributed by atoms with E-state index in [4.69, 9.17) is 0 Å². The van der Waals surface area contributed by atoms with Crippen molar-refractivity contribution in [1.82, 2.24) is 9.78 Å². The van der Waals surface area contributed by atoms with Gasteiger partial charge in [0.1, 0.15) is 11.6 Å². The molecule has 3 rings (SSSR count). The van der Waals surface area contributed by atoms with Crippen LogP contribution in [0.5, 0.6) is 0 Å². The second-order valence-corrected chi connectivity index (χ2v) is 7.37. The molecule has 0 radical (unpaired) electrons. The predicted molar refractivity (Wildman–Crippen MR) is 103 cm³/mol. The molecule has 24 heavy (non-hydrogen) atoms. The molecule has 1 N–H and O–H groups in total. The molecule has 0 unspecified atom stereocenters. The molecule has 0 saturated heterocycles. The van der Waals surface area contributed by atoms with Gasteiger partial charge < -0.3 is 5.32 Å². The first kappa shape index (κ1) is 17.2. The number of nitrogens with one attached hydrogen (secondary N) is 1.